The summed E-state index contributed by atoms with van der Waals surface area (Å²) in [5, 5.41) is 1.03. The fourth-order valence-electron chi connectivity index (χ4n) is 3.49. The lowest BCUT2D eigenvalue weighted by Gasteiger charge is -2.33. The minimum atomic E-state index is 0.0837. The second-order valence-corrected chi connectivity index (χ2v) is 7.98. The molecule has 3 nitrogen and oxygen atoms in total. The van der Waals surface area contributed by atoms with Crippen LogP contribution in [0, 0.1) is 0 Å². The van der Waals surface area contributed by atoms with Gasteiger partial charge in [-0.1, -0.05) is 83.9 Å². The first kappa shape index (κ1) is 20.2. The normalized spacial score (nSPS) is 17.2. The molecule has 4 rings (SSSR count). The molecule has 5 heteroatoms. The second kappa shape index (κ2) is 9.64. The van der Waals surface area contributed by atoms with E-state index in [0.29, 0.717) is 22.4 Å². The molecule has 1 aliphatic heterocycles. The summed E-state index contributed by atoms with van der Waals surface area (Å²) in [6, 6.07) is 24.3. The summed E-state index contributed by atoms with van der Waals surface area (Å²) >= 11 is 12.3. The highest BCUT2D eigenvalue weighted by atomic mass is 35.5. The molecular weight excluding hydrogens is 405 g/mol. The molecule has 0 spiro atoms. The van der Waals surface area contributed by atoms with Crippen molar-refractivity contribution < 1.29 is 9.47 Å². The van der Waals surface area contributed by atoms with Gasteiger partial charge >= 0.3 is 0 Å². The molecule has 1 aliphatic rings. The lowest BCUT2D eigenvalue weighted by atomic mass is 10.1. The van der Waals surface area contributed by atoms with Crippen molar-refractivity contribution in [3.8, 4) is 5.75 Å². The largest absolute Gasteiger partial charge is 0.486 e. The van der Waals surface area contributed by atoms with Crippen LogP contribution in [0.3, 0.4) is 0 Å². The number of nitrogens with zero attached hydrogens (tertiary/aromatic N) is 1. The van der Waals surface area contributed by atoms with Crippen LogP contribution in [0.2, 0.25) is 10.0 Å². The van der Waals surface area contributed by atoms with Gasteiger partial charge in [0.1, 0.15) is 6.61 Å². The zero-order valence-corrected chi connectivity index (χ0v) is 17.6. The van der Waals surface area contributed by atoms with Crippen LogP contribution in [-0.4, -0.2) is 24.6 Å². The summed E-state index contributed by atoms with van der Waals surface area (Å²) in [5.41, 5.74) is 3.57. The van der Waals surface area contributed by atoms with E-state index >= 15 is 0 Å². The molecule has 0 amide bonds. The molecule has 29 heavy (non-hydrogen) atoms. The number of halogens is 2. The maximum Gasteiger partial charge on any atom is 0.156 e. The van der Waals surface area contributed by atoms with E-state index in [2.05, 4.69) is 59.5 Å². The predicted molar refractivity (Wildman–Crippen MR) is 118 cm³/mol. The van der Waals surface area contributed by atoms with E-state index in [9.17, 15) is 0 Å². The number of rotatable bonds is 6. The van der Waals surface area contributed by atoms with E-state index in [1.165, 1.54) is 11.1 Å². The van der Waals surface area contributed by atoms with Gasteiger partial charge in [0.2, 0.25) is 0 Å². The zero-order chi connectivity index (χ0) is 20.1. The second-order valence-electron chi connectivity index (χ2n) is 7.16. The Morgan fingerprint density at radius 3 is 2.31 bits per heavy atom. The van der Waals surface area contributed by atoms with Crippen LogP contribution < -0.4 is 4.74 Å². The molecule has 0 aliphatic carbocycles. The maximum absolute atomic E-state index is 6.16. The van der Waals surface area contributed by atoms with Gasteiger partial charge in [-0.25, -0.2) is 0 Å². The van der Waals surface area contributed by atoms with Gasteiger partial charge in [-0.15, -0.1) is 0 Å². The monoisotopic (exact) mass is 427 g/mol. The highest BCUT2D eigenvalue weighted by Crippen LogP contribution is 2.33. The zero-order valence-electron chi connectivity index (χ0n) is 16.1. The fourth-order valence-corrected chi connectivity index (χ4v) is 4.00. The van der Waals surface area contributed by atoms with Crippen molar-refractivity contribution in [2.45, 2.75) is 19.3 Å². The molecule has 1 heterocycles. The molecule has 1 saturated heterocycles. The molecule has 1 fully saturated rings. The third-order valence-electron chi connectivity index (χ3n) is 5.05. The van der Waals surface area contributed by atoms with Crippen LogP contribution >= 0.6 is 23.2 Å². The number of hydrogen-bond acceptors (Lipinski definition) is 3. The standard InChI is InChI=1S/C24H23Cl2NO2/c25-21-7-4-8-22(26)24(21)29-17-19-9-11-20(12-10-19)23-16-27(13-14-28-23)15-18-5-2-1-3-6-18/h1-12,23H,13-17H2. The summed E-state index contributed by atoms with van der Waals surface area (Å²) in [5.74, 6) is 0.520. The summed E-state index contributed by atoms with van der Waals surface area (Å²) in [6.07, 6.45) is 0.0837. The van der Waals surface area contributed by atoms with Gasteiger partial charge < -0.3 is 9.47 Å². The third kappa shape index (κ3) is 5.31. The van der Waals surface area contributed by atoms with Crippen LogP contribution in [-0.2, 0) is 17.9 Å². The number of hydrogen-bond donors (Lipinski definition) is 0. The van der Waals surface area contributed by atoms with Crippen LogP contribution in [0.1, 0.15) is 22.8 Å². The molecule has 0 radical (unpaired) electrons. The SMILES string of the molecule is Clc1cccc(Cl)c1OCc1ccc(C2CN(Cc3ccccc3)CCO2)cc1. The van der Waals surface area contributed by atoms with Crippen molar-refractivity contribution in [2.75, 3.05) is 19.7 Å². The Kier molecular flexibility index (Phi) is 6.73. The first-order valence-electron chi connectivity index (χ1n) is 9.72. The Balaban J connectivity index is 1.36. The van der Waals surface area contributed by atoms with Gasteiger partial charge in [-0.05, 0) is 28.8 Å². The predicted octanol–water partition coefficient (Wildman–Crippen LogP) is 6.15. The van der Waals surface area contributed by atoms with Crippen LogP contribution in [0.5, 0.6) is 5.75 Å². The van der Waals surface area contributed by atoms with Crippen molar-refractivity contribution in [3.05, 3.63) is 99.5 Å². The Morgan fingerprint density at radius 2 is 1.59 bits per heavy atom. The Labute approximate surface area is 181 Å². The summed E-state index contributed by atoms with van der Waals surface area (Å²) < 4.78 is 11.8. The molecule has 1 unspecified atom stereocenters. The highest BCUT2D eigenvalue weighted by Gasteiger charge is 2.22. The first-order valence-corrected chi connectivity index (χ1v) is 10.5. The van der Waals surface area contributed by atoms with Crippen LogP contribution in [0.15, 0.2) is 72.8 Å². The summed E-state index contributed by atoms with van der Waals surface area (Å²) in [4.78, 5) is 2.44. The molecular formula is C24H23Cl2NO2. The number of morpholine rings is 1. The summed E-state index contributed by atoms with van der Waals surface area (Å²) in [6.45, 7) is 3.95. The van der Waals surface area contributed by atoms with E-state index in [1.807, 2.05) is 0 Å². The Hall–Kier alpha value is -2.04. The molecule has 0 aromatic heterocycles. The minimum Gasteiger partial charge on any atom is -0.486 e. The topological polar surface area (TPSA) is 21.7 Å². The Morgan fingerprint density at radius 1 is 0.862 bits per heavy atom. The van der Waals surface area contributed by atoms with Gasteiger partial charge in [-0.3, -0.25) is 4.90 Å². The average molecular weight is 428 g/mol. The summed E-state index contributed by atoms with van der Waals surface area (Å²) in [7, 11) is 0. The average Bonchev–Trinajstić information content (AvgIpc) is 2.75. The number of para-hydroxylation sites is 1. The lowest BCUT2D eigenvalue weighted by Crippen LogP contribution is -2.37. The quantitative estimate of drug-likeness (QED) is 0.470. The molecule has 0 saturated carbocycles. The molecule has 1 atom stereocenters. The van der Waals surface area contributed by atoms with E-state index in [0.717, 1.165) is 31.8 Å². The number of ether oxygens (including phenoxy) is 2. The van der Waals surface area contributed by atoms with Gasteiger partial charge in [0.05, 0.1) is 22.8 Å². The van der Waals surface area contributed by atoms with Gasteiger partial charge in [0.15, 0.2) is 5.75 Å². The van der Waals surface area contributed by atoms with Crippen molar-refractivity contribution in [3.63, 3.8) is 0 Å². The molecule has 3 aromatic carbocycles. The Bertz CT molecular complexity index is 911. The highest BCUT2D eigenvalue weighted by molar-refractivity contribution is 6.37. The van der Waals surface area contributed by atoms with Crippen LogP contribution in [0.25, 0.3) is 0 Å². The first-order chi connectivity index (χ1) is 14.2. The lowest BCUT2D eigenvalue weighted by molar-refractivity contribution is -0.0329. The van der Waals surface area contributed by atoms with Gasteiger partial charge in [-0.2, -0.15) is 0 Å². The smallest absolute Gasteiger partial charge is 0.156 e. The molecule has 150 valence electrons. The third-order valence-corrected chi connectivity index (χ3v) is 5.65. The molecule has 0 bridgehead atoms. The van der Waals surface area contributed by atoms with Crippen LogP contribution in [0.4, 0.5) is 0 Å². The van der Waals surface area contributed by atoms with Crippen molar-refractivity contribution in [1.82, 2.24) is 4.90 Å². The maximum atomic E-state index is 6.16. The fraction of sp³-hybridized carbons (Fsp3) is 0.250. The van der Waals surface area contributed by atoms with E-state index < -0.39 is 0 Å². The van der Waals surface area contributed by atoms with E-state index in [4.69, 9.17) is 32.7 Å². The van der Waals surface area contributed by atoms with E-state index in [-0.39, 0.29) is 6.10 Å². The molecule has 0 N–H and O–H groups in total. The minimum absolute atomic E-state index is 0.0837. The molecule has 3 aromatic rings. The van der Waals surface area contributed by atoms with Crippen molar-refractivity contribution in [1.29, 1.82) is 0 Å². The number of benzene rings is 3. The van der Waals surface area contributed by atoms with Crippen molar-refractivity contribution >= 4 is 23.2 Å². The van der Waals surface area contributed by atoms with Gasteiger partial charge in [0.25, 0.3) is 0 Å². The van der Waals surface area contributed by atoms with E-state index in [1.54, 1.807) is 18.2 Å². The van der Waals surface area contributed by atoms with Gasteiger partial charge in [0, 0.05) is 19.6 Å². The van der Waals surface area contributed by atoms with Crippen molar-refractivity contribution in [2.24, 2.45) is 0 Å².